The fraction of sp³-hybridized carbons (Fsp3) is 0.391. The second kappa shape index (κ2) is 11.9. The fourth-order valence-electron chi connectivity index (χ4n) is 3.09. The molecule has 10 heteroatoms. The molecule has 0 unspecified atom stereocenters. The van der Waals surface area contributed by atoms with E-state index in [-0.39, 0.29) is 18.8 Å². The summed E-state index contributed by atoms with van der Waals surface area (Å²) >= 11 is 3.35. The molecule has 0 spiro atoms. The number of hydrogen-bond donors (Lipinski definition) is 3. The maximum atomic E-state index is 12.9. The van der Waals surface area contributed by atoms with Crippen molar-refractivity contribution >= 4 is 33.3 Å². The summed E-state index contributed by atoms with van der Waals surface area (Å²) in [6.07, 6.45) is -3.37. The minimum absolute atomic E-state index is 0.260. The van der Waals surface area contributed by atoms with Gasteiger partial charge in [0.25, 0.3) is 0 Å². The number of alkyl halides is 3. The lowest BCUT2D eigenvalue weighted by molar-refractivity contribution is -0.0588. The van der Waals surface area contributed by atoms with Gasteiger partial charge in [-0.25, -0.2) is 4.79 Å². The molecule has 2 aromatic rings. The number of ether oxygens (including phenoxy) is 2. The molecule has 0 aliphatic heterocycles. The van der Waals surface area contributed by atoms with E-state index >= 15 is 0 Å². The van der Waals surface area contributed by atoms with Gasteiger partial charge in [0.05, 0.1) is 18.8 Å². The molecule has 0 radical (unpaired) electrons. The fourth-order valence-corrected chi connectivity index (χ4v) is 3.63. The number of rotatable bonds is 11. The zero-order chi connectivity index (χ0) is 24.6. The Hall–Kier alpha value is -2.75. The SMILES string of the molecule is CCCc1c(OCCCNc2ccc(C(=O)OCC)c(Br)c2)ccc(C(=N)C(F)(F)F)c1O. The van der Waals surface area contributed by atoms with E-state index in [4.69, 9.17) is 14.9 Å². The van der Waals surface area contributed by atoms with Crippen LogP contribution >= 0.6 is 15.9 Å². The highest BCUT2D eigenvalue weighted by atomic mass is 79.9. The molecule has 0 aliphatic carbocycles. The molecule has 3 N–H and O–H groups in total. The molecule has 2 rings (SSSR count). The minimum Gasteiger partial charge on any atom is -0.507 e. The summed E-state index contributed by atoms with van der Waals surface area (Å²) in [5.41, 5.74) is -0.675. The molecule has 0 fully saturated rings. The Bertz CT molecular complexity index is 996. The third-order valence-corrected chi connectivity index (χ3v) is 5.32. The van der Waals surface area contributed by atoms with Gasteiger partial charge in [0.15, 0.2) is 0 Å². The molecular formula is C23H26BrF3N2O4. The van der Waals surface area contributed by atoms with Gasteiger partial charge in [-0.3, -0.25) is 5.41 Å². The van der Waals surface area contributed by atoms with E-state index in [0.29, 0.717) is 41.6 Å². The first kappa shape index (κ1) is 26.5. The number of aromatic hydroxyl groups is 1. The summed E-state index contributed by atoms with van der Waals surface area (Å²) < 4.78 is 49.9. The van der Waals surface area contributed by atoms with Gasteiger partial charge < -0.3 is 19.9 Å². The third-order valence-electron chi connectivity index (χ3n) is 4.66. The number of nitrogens with one attached hydrogen (secondary N) is 2. The Morgan fingerprint density at radius 1 is 1.18 bits per heavy atom. The van der Waals surface area contributed by atoms with Gasteiger partial charge in [-0.1, -0.05) is 13.3 Å². The van der Waals surface area contributed by atoms with E-state index in [2.05, 4.69) is 21.2 Å². The van der Waals surface area contributed by atoms with Crippen LogP contribution in [-0.4, -0.2) is 42.7 Å². The van der Waals surface area contributed by atoms with Crippen molar-refractivity contribution in [1.29, 1.82) is 5.41 Å². The third kappa shape index (κ3) is 7.12. The van der Waals surface area contributed by atoms with Crippen LogP contribution in [-0.2, 0) is 11.2 Å². The van der Waals surface area contributed by atoms with Crippen molar-refractivity contribution in [3.05, 3.63) is 51.5 Å². The van der Waals surface area contributed by atoms with Gasteiger partial charge in [0, 0.05) is 27.8 Å². The van der Waals surface area contributed by atoms with Crippen LogP contribution in [0.25, 0.3) is 0 Å². The molecule has 180 valence electrons. The summed E-state index contributed by atoms with van der Waals surface area (Å²) in [5.74, 6) is -0.678. The van der Waals surface area contributed by atoms with Gasteiger partial charge in [-0.2, -0.15) is 13.2 Å². The smallest absolute Gasteiger partial charge is 0.433 e. The topological polar surface area (TPSA) is 91.6 Å². The van der Waals surface area contributed by atoms with Crippen LogP contribution in [0.15, 0.2) is 34.8 Å². The number of phenolic OH excluding ortho intramolecular Hbond substituents is 1. The van der Waals surface area contributed by atoms with Crippen LogP contribution in [0.3, 0.4) is 0 Å². The van der Waals surface area contributed by atoms with Crippen LogP contribution in [0.1, 0.15) is 48.2 Å². The summed E-state index contributed by atoms with van der Waals surface area (Å²) in [5, 5.41) is 20.8. The summed E-state index contributed by atoms with van der Waals surface area (Å²) in [7, 11) is 0. The van der Waals surface area contributed by atoms with Crippen LogP contribution in [0.2, 0.25) is 0 Å². The number of benzene rings is 2. The van der Waals surface area contributed by atoms with Crippen LogP contribution in [0, 0.1) is 5.41 Å². The van der Waals surface area contributed by atoms with Crippen LogP contribution in [0.5, 0.6) is 11.5 Å². The molecule has 6 nitrogen and oxygen atoms in total. The molecular weight excluding hydrogens is 505 g/mol. The average molecular weight is 531 g/mol. The molecule has 0 aromatic heterocycles. The van der Waals surface area contributed by atoms with Gasteiger partial charge in [0.1, 0.15) is 17.2 Å². The monoisotopic (exact) mass is 530 g/mol. The minimum atomic E-state index is -4.85. The molecule has 33 heavy (non-hydrogen) atoms. The first-order valence-corrected chi connectivity index (χ1v) is 11.2. The van der Waals surface area contributed by atoms with Crippen LogP contribution in [0.4, 0.5) is 18.9 Å². The first-order chi connectivity index (χ1) is 15.6. The van der Waals surface area contributed by atoms with E-state index in [1.165, 1.54) is 6.07 Å². The van der Waals surface area contributed by atoms with Gasteiger partial charge in [-0.05, 0) is 66.0 Å². The van der Waals surface area contributed by atoms with E-state index < -0.39 is 29.2 Å². The number of halogens is 4. The lowest BCUT2D eigenvalue weighted by atomic mass is 10.00. The number of anilines is 1. The Morgan fingerprint density at radius 2 is 1.88 bits per heavy atom. The van der Waals surface area contributed by atoms with Gasteiger partial charge >= 0.3 is 12.1 Å². The van der Waals surface area contributed by atoms with E-state index in [1.807, 2.05) is 6.92 Å². The lowest BCUT2D eigenvalue weighted by Crippen LogP contribution is -2.23. The normalized spacial score (nSPS) is 11.2. The van der Waals surface area contributed by atoms with Gasteiger partial charge in [-0.15, -0.1) is 0 Å². The van der Waals surface area contributed by atoms with Crippen molar-refractivity contribution in [2.45, 2.75) is 39.3 Å². The van der Waals surface area contributed by atoms with Crippen molar-refractivity contribution in [1.82, 2.24) is 0 Å². The highest BCUT2D eigenvalue weighted by Crippen LogP contribution is 2.36. The van der Waals surface area contributed by atoms with Crippen molar-refractivity contribution in [2.75, 3.05) is 25.1 Å². The molecule has 0 bridgehead atoms. The Balaban J connectivity index is 1.96. The molecule has 0 aliphatic rings. The molecule has 2 aromatic carbocycles. The number of carbonyl (C=O) groups excluding carboxylic acids is 1. The number of carbonyl (C=O) groups is 1. The predicted octanol–water partition coefficient (Wildman–Crippen LogP) is 6.10. The standard InChI is InChI=1S/C23H26BrF3N2O4/c1-3-6-16-19(10-9-17(20(16)30)21(28)23(25,26)27)33-12-5-11-29-14-7-8-15(18(24)13-14)22(31)32-4-2/h7-10,13,28-30H,3-6,11-12H2,1-2H3. The zero-order valence-corrected chi connectivity index (χ0v) is 19.9. The van der Waals surface area contributed by atoms with Crippen molar-refractivity contribution in [3.63, 3.8) is 0 Å². The average Bonchev–Trinajstić information content (AvgIpc) is 2.75. The first-order valence-electron chi connectivity index (χ1n) is 10.4. The molecule has 0 amide bonds. The highest BCUT2D eigenvalue weighted by molar-refractivity contribution is 9.10. The van der Waals surface area contributed by atoms with Crippen LogP contribution < -0.4 is 10.1 Å². The van der Waals surface area contributed by atoms with E-state index in [1.54, 1.807) is 25.1 Å². The van der Waals surface area contributed by atoms with E-state index in [9.17, 15) is 23.1 Å². The molecule has 0 saturated heterocycles. The number of esters is 1. The maximum absolute atomic E-state index is 12.9. The number of hydrogen-bond acceptors (Lipinski definition) is 6. The number of phenols is 1. The molecule has 0 heterocycles. The second-order valence-electron chi connectivity index (χ2n) is 7.11. The predicted molar refractivity (Wildman–Crippen MR) is 124 cm³/mol. The Labute approximate surface area is 198 Å². The van der Waals surface area contributed by atoms with E-state index in [0.717, 1.165) is 11.8 Å². The summed E-state index contributed by atoms with van der Waals surface area (Å²) in [4.78, 5) is 11.8. The van der Waals surface area contributed by atoms with Crippen molar-refractivity contribution in [3.8, 4) is 11.5 Å². The van der Waals surface area contributed by atoms with Crippen molar-refractivity contribution < 1.29 is 32.5 Å². The zero-order valence-electron chi connectivity index (χ0n) is 18.3. The molecule has 0 saturated carbocycles. The van der Waals surface area contributed by atoms with Gasteiger partial charge in [0.2, 0.25) is 0 Å². The largest absolute Gasteiger partial charge is 0.507 e. The highest BCUT2D eigenvalue weighted by Gasteiger charge is 2.37. The quantitative estimate of drug-likeness (QED) is 0.185. The molecule has 0 atom stereocenters. The Kier molecular flexibility index (Phi) is 9.57. The second-order valence-corrected chi connectivity index (χ2v) is 7.96. The summed E-state index contributed by atoms with van der Waals surface area (Å²) in [6.45, 7) is 4.66. The summed E-state index contributed by atoms with van der Waals surface area (Å²) in [6, 6.07) is 7.59. The van der Waals surface area contributed by atoms with Crippen molar-refractivity contribution in [2.24, 2.45) is 0 Å². The Morgan fingerprint density at radius 3 is 2.48 bits per heavy atom. The lowest BCUT2D eigenvalue weighted by Gasteiger charge is -2.17. The maximum Gasteiger partial charge on any atom is 0.433 e.